The van der Waals surface area contributed by atoms with E-state index < -0.39 is 5.92 Å². The molecule has 2 aromatic rings. The summed E-state index contributed by atoms with van der Waals surface area (Å²) in [4.78, 5) is 26.8. The second kappa shape index (κ2) is 9.00. The minimum atomic E-state index is -0.589. The lowest BCUT2D eigenvalue weighted by molar-refractivity contribution is -0.146. The Labute approximate surface area is 192 Å². The van der Waals surface area contributed by atoms with Crippen molar-refractivity contribution in [3.8, 4) is 0 Å². The minimum absolute atomic E-state index is 0.0325. The summed E-state index contributed by atoms with van der Waals surface area (Å²) in [6, 6.07) is 9.90. The lowest BCUT2D eigenvalue weighted by Gasteiger charge is -2.36. The molecule has 1 aliphatic heterocycles. The summed E-state index contributed by atoms with van der Waals surface area (Å²) in [6.45, 7) is 1.85. The maximum Gasteiger partial charge on any atom is 0.337 e. The van der Waals surface area contributed by atoms with E-state index >= 15 is 0 Å². The van der Waals surface area contributed by atoms with E-state index in [-0.39, 0.29) is 29.6 Å². The van der Waals surface area contributed by atoms with Gasteiger partial charge in [-0.2, -0.15) is 0 Å². The van der Waals surface area contributed by atoms with Crippen molar-refractivity contribution in [2.24, 2.45) is 0 Å². The Bertz CT molecular complexity index is 1110. The topological polar surface area (TPSA) is 68.5 Å². The fourth-order valence-corrected chi connectivity index (χ4v) is 5.42. The number of hydrogen-bond acceptors (Lipinski definition) is 5. The SMILES string of the molecule is CC1=C(C(=O)OC2CCCCC2)C(c2ccco2)C2=C(CC(c3ccc(F)cc3)CC2=O)N1. The number of hydrogen-bond donors (Lipinski definition) is 1. The fraction of sp³-hybridized carbons (Fsp3) is 0.407. The largest absolute Gasteiger partial charge is 0.468 e. The standard InChI is InChI=1S/C27H28FNO4/c1-16-24(27(31)33-20-6-3-2-4-7-20)26(23-8-5-13-32-23)25-21(29-16)14-18(15-22(25)30)17-9-11-19(28)12-10-17/h5,8-13,18,20,26,29H,2-4,6-7,14-15H2,1H3. The molecule has 0 amide bonds. The highest BCUT2D eigenvalue weighted by Crippen LogP contribution is 2.46. The van der Waals surface area contributed by atoms with Crippen LogP contribution in [0.25, 0.3) is 0 Å². The number of carbonyl (C=O) groups excluding carboxylic acids is 2. The number of rotatable bonds is 4. The van der Waals surface area contributed by atoms with E-state index in [4.69, 9.17) is 9.15 Å². The lowest BCUT2D eigenvalue weighted by Crippen LogP contribution is -2.36. The zero-order chi connectivity index (χ0) is 22.9. The van der Waals surface area contributed by atoms with E-state index in [1.54, 1.807) is 30.5 Å². The predicted octanol–water partition coefficient (Wildman–Crippen LogP) is 5.66. The zero-order valence-corrected chi connectivity index (χ0v) is 18.7. The van der Waals surface area contributed by atoms with Gasteiger partial charge >= 0.3 is 5.97 Å². The molecule has 172 valence electrons. The number of furan rings is 1. The van der Waals surface area contributed by atoms with Crippen LogP contribution in [-0.4, -0.2) is 17.9 Å². The molecule has 1 aromatic heterocycles. The number of ether oxygens (including phenoxy) is 1. The molecule has 2 heterocycles. The minimum Gasteiger partial charge on any atom is -0.468 e. The van der Waals surface area contributed by atoms with Crippen LogP contribution in [-0.2, 0) is 14.3 Å². The summed E-state index contributed by atoms with van der Waals surface area (Å²) >= 11 is 0. The zero-order valence-electron chi connectivity index (χ0n) is 18.7. The van der Waals surface area contributed by atoms with Crippen molar-refractivity contribution in [1.82, 2.24) is 5.32 Å². The third-order valence-electron chi connectivity index (χ3n) is 7.04. The smallest absolute Gasteiger partial charge is 0.337 e. The number of dihydropyridines is 1. The summed E-state index contributed by atoms with van der Waals surface area (Å²) in [7, 11) is 0. The molecule has 1 aromatic carbocycles. The molecule has 2 aliphatic carbocycles. The molecular weight excluding hydrogens is 421 g/mol. The van der Waals surface area contributed by atoms with Crippen LogP contribution < -0.4 is 5.32 Å². The van der Waals surface area contributed by atoms with E-state index in [1.165, 1.54) is 18.6 Å². The van der Waals surface area contributed by atoms with Crippen molar-refractivity contribution in [3.63, 3.8) is 0 Å². The maximum atomic E-state index is 13.5. The van der Waals surface area contributed by atoms with Gasteiger partial charge in [0.2, 0.25) is 0 Å². The number of nitrogens with one attached hydrogen (secondary N) is 1. The number of allylic oxidation sites excluding steroid dienone is 3. The van der Waals surface area contributed by atoms with Crippen LogP contribution in [0.4, 0.5) is 4.39 Å². The van der Waals surface area contributed by atoms with Gasteiger partial charge in [-0.05, 0) is 74.8 Å². The molecule has 0 saturated heterocycles. The molecule has 6 heteroatoms. The van der Waals surface area contributed by atoms with Gasteiger partial charge in [0, 0.05) is 23.4 Å². The van der Waals surface area contributed by atoms with E-state index in [1.807, 2.05) is 6.92 Å². The van der Waals surface area contributed by atoms with Crippen LogP contribution in [0.1, 0.15) is 75.0 Å². The summed E-state index contributed by atoms with van der Waals surface area (Å²) in [5.41, 5.74) is 3.43. The number of benzene rings is 1. The van der Waals surface area contributed by atoms with Gasteiger partial charge in [0.05, 0.1) is 17.8 Å². The fourth-order valence-electron chi connectivity index (χ4n) is 5.42. The van der Waals surface area contributed by atoms with Gasteiger partial charge in [0.25, 0.3) is 0 Å². The molecule has 0 spiro atoms. The Morgan fingerprint density at radius 3 is 2.55 bits per heavy atom. The molecular formula is C27H28FNO4. The highest BCUT2D eigenvalue weighted by atomic mass is 19.1. The number of halogens is 1. The monoisotopic (exact) mass is 449 g/mol. The van der Waals surface area contributed by atoms with Gasteiger partial charge in [-0.15, -0.1) is 0 Å². The van der Waals surface area contributed by atoms with Crippen LogP contribution in [0, 0.1) is 5.82 Å². The molecule has 5 rings (SSSR count). The maximum absolute atomic E-state index is 13.5. The quantitative estimate of drug-likeness (QED) is 0.611. The van der Waals surface area contributed by atoms with E-state index in [0.717, 1.165) is 36.9 Å². The molecule has 2 atom stereocenters. The first-order valence-corrected chi connectivity index (χ1v) is 11.7. The summed E-state index contributed by atoms with van der Waals surface area (Å²) in [5.74, 6) is -0.788. The van der Waals surface area contributed by atoms with Crippen LogP contribution in [0.15, 0.2) is 69.6 Å². The highest BCUT2D eigenvalue weighted by Gasteiger charge is 2.43. The Morgan fingerprint density at radius 1 is 1.09 bits per heavy atom. The van der Waals surface area contributed by atoms with Crippen molar-refractivity contribution < 1.29 is 23.1 Å². The first kappa shape index (κ1) is 21.7. The molecule has 1 saturated carbocycles. The molecule has 2 unspecified atom stereocenters. The van der Waals surface area contributed by atoms with Gasteiger partial charge in [-0.25, -0.2) is 9.18 Å². The summed E-state index contributed by atoms with van der Waals surface area (Å²) in [6.07, 6.45) is 7.44. The van der Waals surface area contributed by atoms with E-state index in [2.05, 4.69) is 5.32 Å². The lowest BCUT2D eigenvalue weighted by atomic mass is 9.73. The molecule has 33 heavy (non-hydrogen) atoms. The molecule has 0 bridgehead atoms. The molecule has 1 N–H and O–H groups in total. The Kier molecular flexibility index (Phi) is 5.92. The Balaban J connectivity index is 1.48. The number of carbonyl (C=O) groups is 2. The second-order valence-corrected chi connectivity index (χ2v) is 9.25. The third-order valence-corrected chi connectivity index (χ3v) is 7.04. The van der Waals surface area contributed by atoms with Crippen molar-refractivity contribution in [1.29, 1.82) is 0 Å². The van der Waals surface area contributed by atoms with Gasteiger partial charge in [-0.3, -0.25) is 4.79 Å². The highest BCUT2D eigenvalue weighted by molar-refractivity contribution is 6.04. The van der Waals surface area contributed by atoms with Gasteiger partial charge < -0.3 is 14.5 Å². The number of ketones is 1. The van der Waals surface area contributed by atoms with Gasteiger partial charge in [-0.1, -0.05) is 18.6 Å². The molecule has 0 radical (unpaired) electrons. The third kappa shape index (κ3) is 4.26. The van der Waals surface area contributed by atoms with Crippen molar-refractivity contribution in [2.45, 2.75) is 69.8 Å². The molecule has 5 nitrogen and oxygen atoms in total. The molecule has 3 aliphatic rings. The Hall–Kier alpha value is -3.15. The van der Waals surface area contributed by atoms with Crippen molar-refractivity contribution in [2.75, 3.05) is 0 Å². The van der Waals surface area contributed by atoms with E-state index in [0.29, 0.717) is 35.4 Å². The summed E-state index contributed by atoms with van der Waals surface area (Å²) < 4.78 is 25.0. The van der Waals surface area contributed by atoms with E-state index in [9.17, 15) is 14.0 Å². The normalized spacial score (nSPS) is 23.9. The Morgan fingerprint density at radius 2 is 1.85 bits per heavy atom. The predicted molar refractivity (Wildman–Crippen MR) is 121 cm³/mol. The first-order valence-electron chi connectivity index (χ1n) is 11.7. The number of Topliss-reactive ketones (excluding diaryl/α,β-unsaturated/α-hetero) is 1. The van der Waals surface area contributed by atoms with Crippen LogP contribution in [0.3, 0.4) is 0 Å². The average Bonchev–Trinajstić information content (AvgIpc) is 3.34. The van der Waals surface area contributed by atoms with Gasteiger partial charge in [0.1, 0.15) is 17.7 Å². The van der Waals surface area contributed by atoms with Crippen molar-refractivity contribution in [3.05, 3.63) is 82.3 Å². The van der Waals surface area contributed by atoms with Crippen LogP contribution >= 0.6 is 0 Å². The molecule has 1 fully saturated rings. The number of esters is 1. The van der Waals surface area contributed by atoms with Crippen molar-refractivity contribution >= 4 is 11.8 Å². The second-order valence-electron chi connectivity index (χ2n) is 9.25. The average molecular weight is 450 g/mol. The first-order chi connectivity index (χ1) is 16.0. The van der Waals surface area contributed by atoms with Gasteiger partial charge in [0.15, 0.2) is 5.78 Å². The van der Waals surface area contributed by atoms with Crippen LogP contribution in [0.2, 0.25) is 0 Å². The summed E-state index contributed by atoms with van der Waals surface area (Å²) in [5, 5.41) is 3.34. The van der Waals surface area contributed by atoms with Crippen LogP contribution in [0.5, 0.6) is 0 Å².